The lowest BCUT2D eigenvalue weighted by Gasteiger charge is -2.23. The van der Waals surface area contributed by atoms with Crippen LogP contribution in [0.1, 0.15) is 29.7 Å². The van der Waals surface area contributed by atoms with Crippen LogP contribution in [0, 0.1) is 6.92 Å². The Kier molecular flexibility index (Phi) is 4.10. The predicted octanol–water partition coefficient (Wildman–Crippen LogP) is 2.49. The number of ether oxygens (including phenoxy) is 1. The van der Waals surface area contributed by atoms with Gasteiger partial charge >= 0.3 is 0 Å². The van der Waals surface area contributed by atoms with E-state index in [0.29, 0.717) is 6.61 Å². The SMILES string of the molecule is Cc1ccccc1-c1n[nH]c2c1CCN(C(=O)[C@H]1CCCO1)CC2. The Bertz CT molecular complexity index is 747. The van der Waals surface area contributed by atoms with E-state index in [4.69, 9.17) is 4.74 Å². The molecular weight excluding hydrogens is 302 g/mol. The van der Waals surface area contributed by atoms with E-state index < -0.39 is 0 Å². The number of rotatable bonds is 2. The minimum absolute atomic E-state index is 0.156. The molecule has 1 atom stereocenters. The van der Waals surface area contributed by atoms with Crippen LogP contribution < -0.4 is 0 Å². The summed E-state index contributed by atoms with van der Waals surface area (Å²) < 4.78 is 5.56. The fourth-order valence-electron chi connectivity index (χ4n) is 3.74. The second-order valence-corrected chi connectivity index (χ2v) is 6.67. The van der Waals surface area contributed by atoms with Gasteiger partial charge in [0.15, 0.2) is 0 Å². The molecule has 24 heavy (non-hydrogen) atoms. The predicted molar refractivity (Wildman–Crippen MR) is 91.7 cm³/mol. The van der Waals surface area contributed by atoms with E-state index in [1.807, 2.05) is 17.0 Å². The Labute approximate surface area is 142 Å². The zero-order chi connectivity index (χ0) is 16.5. The average molecular weight is 325 g/mol. The number of aromatic nitrogens is 2. The van der Waals surface area contributed by atoms with E-state index in [9.17, 15) is 4.79 Å². The van der Waals surface area contributed by atoms with Crippen LogP contribution in [0.5, 0.6) is 0 Å². The smallest absolute Gasteiger partial charge is 0.251 e. The third kappa shape index (κ3) is 2.73. The second-order valence-electron chi connectivity index (χ2n) is 6.67. The highest BCUT2D eigenvalue weighted by atomic mass is 16.5. The van der Waals surface area contributed by atoms with Crippen molar-refractivity contribution in [3.05, 3.63) is 41.1 Å². The average Bonchev–Trinajstić information content (AvgIpc) is 3.21. The van der Waals surface area contributed by atoms with Crippen LogP contribution in [0.25, 0.3) is 11.3 Å². The quantitative estimate of drug-likeness (QED) is 0.923. The number of nitrogens with zero attached hydrogens (tertiary/aromatic N) is 2. The lowest BCUT2D eigenvalue weighted by atomic mass is 9.99. The van der Waals surface area contributed by atoms with Gasteiger partial charge in [-0.25, -0.2) is 0 Å². The van der Waals surface area contributed by atoms with Crippen LogP contribution in [0.15, 0.2) is 24.3 Å². The van der Waals surface area contributed by atoms with Gasteiger partial charge in [-0.2, -0.15) is 5.10 Å². The highest BCUT2D eigenvalue weighted by Gasteiger charge is 2.30. The Hall–Kier alpha value is -2.14. The van der Waals surface area contributed by atoms with Gasteiger partial charge in [0.05, 0.1) is 5.69 Å². The first kappa shape index (κ1) is 15.4. The number of fused-ring (bicyclic) bond motifs is 1. The van der Waals surface area contributed by atoms with E-state index in [1.54, 1.807) is 0 Å². The minimum Gasteiger partial charge on any atom is -0.368 e. The molecule has 1 saturated heterocycles. The van der Waals surface area contributed by atoms with Gasteiger partial charge < -0.3 is 9.64 Å². The molecule has 1 N–H and O–H groups in total. The van der Waals surface area contributed by atoms with Gasteiger partial charge in [0.25, 0.3) is 5.91 Å². The minimum atomic E-state index is -0.226. The molecule has 0 saturated carbocycles. The summed E-state index contributed by atoms with van der Waals surface area (Å²) in [5, 5.41) is 7.77. The van der Waals surface area contributed by atoms with Gasteiger partial charge in [-0.3, -0.25) is 9.89 Å². The summed E-state index contributed by atoms with van der Waals surface area (Å²) in [6.07, 6.45) is 3.29. The summed E-state index contributed by atoms with van der Waals surface area (Å²) in [5.41, 5.74) is 5.86. The van der Waals surface area contributed by atoms with E-state index in [0.717, 1.165) is 50.2 Å². The second kappa shape index (κ2) is 6.40. The topological polar surface area (TPSA) is 58.2 Å². The van der Waals surface area contributed by atoms with Crippen molar-refractivity contribution >= 4 is 5.91 Å². The fraction of sp³-hybridized carbons (Fsp3) is 0.474. The van der Waals surface area contributed by atoms with Crippen molar-refractivity contribution in [3.63, 3.8) is 0 Å². The number of hydrogen-bond donors (Lipinski definition) is 1. The molecule has 1 aromatic heterocycles. The van der Waals surface area contributed by atoms with Gasteiger partial charge in [-0.15, -0.1) is 0 Å². The first-order valence-corrected chi connectivity index (χ1v) is 8.76. The van der Waals surface area contributed by atoms with E-state index >= 15 is 0 Å². The summed E-state index contributed by atoms with van der Waals surface area (Å²) in [5.74, 6) is 0.156. The first-order chi connectivity index (χ1) is 11.7. The molecule has 0 unspecified atom stereocenters. The fourth-order valence-corrected chi connectivity index (χ4v) is 3.74. The van der Waals surface area contributed by atoms with Crippen LogP contribution in [0.2, 0.25) is 0 Å². The monoisotopic (exact) mass is 325 g/mol. The highest BCUT2D eigenvalue weighted by Crippen LogP contribution is 2.29. The molecule has 1 amide bonds. The molecule has 2 aromatic rings. The Morgan fingerprint density at radius 2 is 2.12 bits per heavy atom. The van der Waals surface area contributed by atoms with Crippen LogP contribution in [0.4, 0.5) is 0 Å². The van der Waals surface area contributed by atoms with Crippen molar-refractivity contribution in [2.24, 2.45) is 0 Å². The molecule has 0 radical (unpaired) electrons. The Balaban J connectivity index is 1.56. The van der Waals surface area contributed by atoms with Crippen molar-refractivity contribution in [2.75, 3.05) is 19.7 Å². The molecular formula is C19H23N3O2. The van der Waals surface area contributed by atoms with Gasteiger partial charge in [0.2, 0.25) is 0 Å². The summed E-state index contributed by atoms with van der Waals surface area (Å²) in [6, 6.07) is 8.33. The number of benzene rings is 1. The number of carbonyl (C=O) groups excluding carboxylic acids is 1. The van der Waals surface area contributed by atoms with Gasteiger partial charge in [0, 0.05) is 42.9 Å². The normalized spacial score (nSPS) is 20.7. The highest BCUT2D eigenvalue weighted by molar-refractivity contribution is 5.81. The van der Waals surface area contributed by atoms with E-state index in [2.05, 4.69) is 29.3 Å². The molecule has 4 rings (SSSR count). The Morgan fingerprint density at radius 1 is 1.29 bits per heavy atom. The maximum atomic E-state index is 12.6. The largest absolute Gasteiger partial charge is 0.368 e. The van der Waals surface area contributed by atoms with Crippen molar-refractivity contribution in [1.82, 2.24) is 15.1 Å². The molecule has 5 nitrogen and oxygen atoms in total. The van der Waals surface area contributed by atoms with Crippen LogP contribution in [-0.2, 0) is 22.4 Å². The summed E-state index contributed by atoms with van der Waals surface area (Å²) in [6.45, 7) is 4.30. The number of aromatic amines is 1. The van der Waals surface area contributed by atoms with Crippen LogP contribution in [-0.4, -0.2) is 46.8 Å². The number of nitrogens with one attached hydrogen (secondary N) is 1. The lowest BCUT2D eigenvalue weighted by Crippen LogP contribution is -2.40. The van der Waals surface area contributed by atoms with Crippen LogP contribution in [0.3, 0.4) is 0 Å². The molecule has 2 aliphatic rings. The maximum Gasteiger partial charge on any atom is 0.251 e. The third-order valence-corrected chi connectivity index (χ3v) is 5.13. The number of aryl methyl sites for hydroxylation is 1. The zero-order valence-corrected chi connectivity index (χ0v) is 14.0. The van der Waals surface area contributed by atoms with Gasteiger partial charge in [-0.1, -0.05) is 24.3 Å². The van der Waals surface area contributed by atoms with Crippen molar-refractivity contribution in [1.29, 1.82) is 0 Å². The zero-order valence-electron chi connectivity index (χ0n) is 14.0. The molecule has 0 spiro atoms. The molecule has 2 aliphatic heterocycles. The van der Waals surface area contributed by atoms with E-state index in [-0.39, 0.29) is 12.0 Å². The number of amides is 1. The van der Waals surface area contributed by atoms with E-state index in [1.165, 1.54) is 16.7 Å². The van der Waals surface area contributed by atoms with Crippen LogP contribution >= 0.6 is 0 Å². The maximum absolute atomic E-state index is 12.6. The number of carbonyl (C=O) groups is 1. The number of H-pyrrole nitrogens is 1. The molecule has 0 aliphatic carbocycles. The van der Waals surface area contributed by atoms with Crippen molar-refractivity contribution in [3.8, 4) is 11.3 Å². The standard InChI is InChI=1S/C19H23N3O2/c1-13-5-2-3-6-14(13)18-15-8-10-22(11-9-16(15)20-21-18)19(23)17-7-4-12-24-17/h2-3,5-6,17H,4,7-12H2,1H3,(H,20,21)/t17-/m1/s1. The third-order valence-electron chi connectivity index (χ3n) is 5.13. The van der Waals surface area contributed by atoms with Gasteiger partial charge in [-0.05, 0) is 31.7 Å². The van der Waals surface area contributed by atoms with Gasteiger partial charge in [0.1, 0.15) is 6.10 Å². The van der Waals surface area contributed by atoms with Crippen molar-refractivity contribution in [2.45, 2.75) is 38.7 Å². The number of hydrogen-bond acceptors (Lipinski definition) is 3. The molecule has 3 heterocycles. The van der Waals surface area contributed by atoms with Crippen molar-refractivity contribution < 1.29 is 9.53 Å². The first-order valence-electron chi connectivity index (χ1n) is 8.76. The summed E-state index contributed by atoms with van der Waals surface area (Å²) >= 11 is 0. The Morgan fingerprint density at radius 3 is 2.92 bits per heavy atom. The molecule has 126 valence electrons. The molecule has 1 fully saturated rings. The summed E-state index contributed by atoms with van der Waals surface area (Å²) in [7, 11) is 0. The molecule has 5 heteroatoms. The molecule has 1 aromatic carbocycles. The summed E-state index contributed by atoms with van der Waals surface area (Å²) in [4.78, 5) is 14.6. The molecule has 0 bridgehead atoms. The lowest BCUT2D eigenvalue weighted by molar-refractivity contribution is -0.140.